The molecule has 0 aromatic heterocycles. The molecule has 0 fully saturated rings. The Bertz CT molecular complexity index is 173. The Labute approximate surface area is 100 Å². The molecule has 0 unspecified atom stereocenters. The normalized spacial score (nSPS) is 10.8. The topological polar surface area (TPSA) is 29.5 Å². The third-order valence-corrected chi connectivity index (χ3v) is 2.46. The van der Waals surface area contributed by atoms with Gasteiger partial charge in [0.2, 0.25) is 5.91 Å². The summed E-state index contributed by atoms with van der Waals surface area (Å²) < 4.78 is 5.35. The van der Waals surface area contributed by atoms with E-state index in [-0.39, 0.29) is 18.6 Å². The molecule has 0 rings (SSSR count). The van der Waals surface area contributed by atoms with E-state index in [1.54, 1.807) is 0 Å². The van der Waals surface area contributed by atoms with Crippen LogP contribution in [-0.2, 0) is 9.53 Å². The Balaban J connectivity index is 3.98. The van der Waals surface area contributed by atoms with Gasteiger partial charge in [0.25, 0.3) is 0 Å². The molecule has 3 heteroatoms. The molecular formula is C13H27NO2. The molecule has 0 radical (unpaired) electrons. The quantitative estimate of drug-likeness (QED) is 0.608. The maximum atomic E-state index is 11.9. The van der Waals surface area contributed by atoms with E-state index < -0.39 is 0 Å². The van der Waals surface area contributed by atoms with Crippen LogP contribution < -0.4 is 0 Å². The van der Waals surface area contributed by atoms with E-state index in [2.05, 4.69) is 13.8 Å². The van der Waals surface area contributed by atoms with Crippen molar-refractivity contribution in [1.29, 1.82) is 0 Å². The van der Waals surface area contributed by atoms with Crippen LogP contribution in [0.4, 0.5) is 0 Å². The molecule has 0 heterocycles. The molecule has 0 bridgehead atoms. The number of rotatable bonds is 9. The second-order valence-corrected chi connectivity index (χ2v) is 4.45. The van der Waals surface area contributed by atoms with Gasteiger partial charge in [0.05, 0.1) is 6.10 Å². The van der Waals surface area contributed by atoms with Crippen LogP contribution in [-0.4, -0.2) is 36.6 Å². The van der Waals surface area contributed by atoms with Crippen molar-refractivity contribution in [3.8, 4) is 0 Å². The highest BCUT2D eigenvalue weighted by Gasteiger charge is 2.12. The lowest BCUT2D eigenvalue weighted by molar-refractivity contribution is -0.137. The van der Waals surface area contributed by atoms with E-state index in [0.29, 0.717) is 0 Å². The van der Waals surface area contributed by atoms with Gasteiger partial charge in [0.1, 0.15) is 6.61 Å². The van der Waals surface area contributed by atoms with Crippen molar-refractivity contribution < 1.29 is 9.53 Å². The summed E-state index contributed by atoms with van der Waals surface area (Å²) in [5, 5.41) is 0. The fourth-order valence-electron chi connectivity index (χ4n) is 1.39. The summed E-state index contributed by atoms with van der Waals surface area (Å²) in [6.07, 6.45) is 4.54. The van der Waals surface area contributed by atoms with E-state index >= 15 is 0 Å². The van der Waals surface area contributed by atoms with Crippen molar-refractivity contribution in [1.82, 2.24) is 4.90 Å². The predicted molar refractivity (Wildman–Crippen MR) is 67.5 cm³/mol. The van der Waals surface area contributed by atoms with Gasteiger partial charge in [-0.05, 0) is 26.7 Å². The molecule has 16 heavy (non-hydrogen) atoms. The van der Waals surface area contributed by atoms with Gasteiger partial charge in [-0.3, -0.25) is 4.79 Å². The summed E-state index contributed by atoms with van der Waals surface area (Å²) in [5.74, 6) is 0.135. The number of hydrogen-bond acceptors (Lipinski definition) is 2. The molecule has 96 valence electrons. The minimum atomic E-state index is 0.128. The molecule has 3 nitrogen and oxygen atoms in total. The largest absolute Gasteiger partial charge is 0.369 e. The van der Waals surface area contributed by atoms with Gasteiger partial charge >= 0.3 is 0 Å². The second kappa shape index (κ2) is 9.64. The molecule has 0 spiro atoms. The molecule has 0 saturated carbocycles. The number of hydrogen-bond donors (Lipinski definition) is 0. The summed E-state index contributed by atoms with van der Waals surface area (Å²) >= 11 is 0. The fourth-order valence-corrected chi connectivity index (χ4v) is 1.39. The summed E-state index contributed by atoms with van der Waals surface area (Å²) in [5.41, 5.74) is 0. The summed E-state index contributed by atoms with van der Waals surface area (Å²) in [4.78, 5) is 13.8. The SMILES string of the molecule is CCCCN(CCCC)C(=O)COC(C)C. The van der Waals surface area contributed by atoms with Crippen LogP contribution in [0.1, 0.15) is 53.4 Å². The van der Waals surface area contributed by atoms with Crippen molar-refractivity contribution >= 4 is 5.91 Å². The third kappa shape index (κ3) is 7.69. The smallest absolute Gasteiger partial charge is 0.248 e. The standard InChI is InChI=1S/C13H27NO2/c1-5-7-9-14(10-8-6-2)13(15)11-16-12(3)4/h12H,5-11H2,1-4H3. The number of unbranched alkanes of at least 4 members (excludes halogenated alkanes) is 2. The zero-order chi connectivity index (χ0) is 12.4. The van der Waals surface area contributed by atoms with Crippen LogP contribution in [0.2, 0.25) is 0 Å². The highest BCUT2D eigenvalue weighted by molar-refractivity contribution is 5.77. The minimum absolute atomic E-state index is 0.128. The first-order valence-corrected chi connectivity index (χ1v) is 6.51. The van der Waals surface area contributed by atoms with E-state index in [0.717, 1.165) is 38.8 Å². The van der Waals surface area contributed by atoms with Crippen LogP contribution in [0, 0.1) is 0 Å². The van der Waals surface area contributed by atoms with Crippen LogP contribution in [0.25, 0.3) is 0 Å². The van der Waals surface area contributed by atoms with Gasteiger partial charge < -0.3 is 9.64 Å². The molecule has 0 aromatic rings. The first kappa shape index (κ1) is 15.4. The average molecular weight is 229 g/mol. The van der Waals surface area contributed by atoms with Crippen LogP contribution in [0.3, 0.4) is 0 Å². The first-order valence-electron chi connectivity index (χ1n) is 6.51. The Morgan fingerprint density at radius 2 is 1.62 bits per heavy atom. The predicted octanol–water partition coefficient (Wildman–Crippen LogP) is 2.84. The van der Waals surface area contributed by atoms with Crippen molar-refractivity contribution in [3.63, 3.8) is 0 Å². The van der Waals surface area contributed by atoms with Gasteiger partial charge in [-0.15, -0.1) is 0 Å². The Morgan fingerprint density at radius 3 is 2.00 bits per heavy atom. The van der Waals surface area contributed by atoms with E-state index in [1.807, 2.05) is 18.7 Å². The van der Waals surface area contributed by atoms with Crippen LogP contribution in [0.15, 0.2) is 0 Å². The van der Waals surface area contributed by atoms with Gasteiger partial charge in [-0.2, -0.15) is 0 Å². The average Bonchev–Trinajstić information content (AvgIpc) is 2.26. The van der Waals surface area contributed by atoms with E-state index in [9.17, 15) is 4.79 Å². The zero-order valence-corrected chi connectivity index (χ0v) is 11.3. The van der Waals surface area contributed by atoms with Crippen molar-refractivity contribution in [2.45, 2.75) is 59.5 Å². The molecule has 0 atom stereocenters. The van der Waals surface area contributed by atoms with Crippen LogP contribution in [0.5, 0.6) is 0 Å². The lowest BCUT2D eigenvalue weighted by atomic mass is 10.2. The maximum absolute atomic E-state index is 11.9. The monoisotopic (exact) mass is 229 g/mol. The van der Waals surface area contributed by atoms with Crippen LogP contribution >= 0.6 is 0 Å². The van der Waals surface area contributed by atoms with Crippen molar-refractivity contribution in [2.75, 3.05) is 19.7 Å². The van der Waals surface area contributed by atoms with Gasteiger partial charge in [-0.25, -0.2) is 0 Å². The molecule has 0 N–H and O–H groups in total. The van der Waals surface area contributed by atoms with E-state index in [4.69, 9.17) is 4.74 Å². The summed E-state index contributed by atoms with van der Waals surface area (Å²) in [6.45, 7) is 10.2. The highest BCUT2D eigenvalue weighted by Crippen LogP contribution is 2.01. The Morgan fingerprint density at radius 1 is 1.12 bits per heavy atom. The van der Waals surface area contributed by atoms with Gasteiger partial charge in [0.15, 0.2) is 0 Å². The van der Waals surface area contributed by atoms with Crippen molar-refractivity contribution in [3.05, 3.63) is 0 Å². The zero-order valence-electron chi connectivity index (χ0n) is 11.3. The molecule has 0 aliphatic heterocycles. The number of amides is 1. The summed E-state index contributed by atoms with van der Waals surface area (Å²) in [7, 11) is 0. The molecule has 0 aliphatic carbocycles. The first-order chi connectivity index (χ1) is 7.61. The fraction of sp³-hybridized carbons (Fsp3) is 0.923. The number of ether oxygens (including phenoxy) is 1. The summed E-state index contributed by atoms with van der Waals surface area (Å²) in [6, 6.07) is 0. The number of carbonyl (C=O) groups is 1. The maximum Gasteiger partial charge on any atom is 0.248 e. The van der Waals surface area contributed by atoms with Crippen molar-refractivity contribution in [2.24, 2.45) is 0 Å². The minimum Gasteiger partial charge on any atom is -0.369 e. The third-order valence-electron chi connectivity index (χ3n) is 2.46. The van der Waals surface area contributed by atoms with E-state index in [1.165, 1.54) is 0 Å². The highest BCUT2D eigenvalue weighted by atomic mass is 16.5. The number of carbonyl (C=O) groups excluding carboxylic acids is 1. The number of nitrogens with zero attached hydrogens (tertiary/aromatic N) is 1. The molecular weight excluding hydrogens is 202 g/mol. The van der Waals surface area contributed by atoms with Gasteiger partial charge in [-0.1, -0.05) is 26.7 Å². The Kier molecular flexibility index (Phi) is 9.30. The van der Waals surface area contributed by atoms with Gasteiger partial charge in [0, 0.05) is 13.1 Å². The lowest BCUT2D eigenvalue weighted by Gasteiger charge is -2.22. The molecule has 0 saturated heterocycles. The molecule has 1 amide bonds. The lowest BCUT2D eigenvalue weighted by Crippen LogP contribution is -2.36. The second-order valence-electron chi connectivity index (χ2n) is 4.45. The molecule has 0 aliphatic rings. The Hall–Kier alpha value is -0.570. The molecule has 0 aromatic carbocycles.